The first-order valence-corrected chi connectivity index (χ1v) is 7.89. The molecule has 0 saturated heterocycles. The highest BCUT2D eigenvalue weighted by atomic mass is 32.1. The number of benzene rings is 1. The van der Waals surface area contributed by atoms with Gasteiger partial charge in [-0.05, 0) is 50.8 Å². The average Bonchev–Trinajstić information content (AvgIpc) is 2.83. The van der Waals surface area contributed by atoms with E-state index in [1.807, 2.05) is 19.1 Å². The van der Waals surface area contributed by atoms with Crippen molar-refractivity contribution in [2.24, 2.45) is 5.16 Å². The van der Waals surface area contributed by atoms with E-state index in [9.17, 15) is 0 Å². The van der Waals surface area contributed by atoms with Crippen LogP contribution in [0.5, 0.6) is 5.75 Å². The van der Waals surface area contributed by atoms with Crippen LogP contribution < -0.4 is 4.74 Å². The maximum Gasteiger partial charge on any atom is 0.140 e. The van der Waals surface area contributed by atoms with E-state index in [1.54, 1.807) is 11.3 Å². The van der Waals surface area contributed by atoms with Crippen molar-refractivity contribution in [3.05, 3.63) is 44.9 Å². The van der Waals surface area contributed by atoms with Gasteiger partial charge in [-0.25, -0.2) is 4.98 Å². The Hall–Kier alpha value is -1.88. The maximum absolute atomic E-state index is 9.11. The lowest BCUT2D eigenvalue weighted by atomic mass is 9.90. The monoisotopic (exact) mass is 302 g/mol. The lowest BCUT2D eigenvalue weighted by Crippen LogP contribution is -2.12. The number of nitrogens with zero attached hydrogens (tertiary/aromatic N) is 2. The van der Waals surface area contributed by atoms with Crippen LogP contribution in [0.2, 0.25) is 0 Å². The van der Waals surface area contributed by atoms with Crippen molar-refractivity contribution in [1.82, 2.24) is 4.98 Å². The standard InChI is InChI=1S/C16H18N2O2S/c1-10-11(2)21-16(17-10)9-20-13-7-6-12-4-3-5-15(18-19)14(12)8-13/h6-8,19H,3-5,9H2,1-2H3/b18-15-. The molecule has 5 heteroatoms. The summed E-state index contributed by atoms with van der Waals surface area (Å²) in [5, 5.41) is 13.5. The minimum Gasteiger partial charge on any atom is -0.486 e. The third-order valence-electron chi connectivity index (χ3n) is 3.81. The second kappa shape index (κ2) is 5.85. The molecule has 3 rings (SSSR count). The quantitative estimate of drug-likeness (QED) is 0.692. The zero-order chi connectivity index (χ0) is 14.8. The number of ether oxygens (including phenoxy) is 1. The topological polar surface area (TPSA) is 54.7 Å². The molecule has 0 fully saturated rings. The largest absolute Gasteiger partial charge is 0.486 e. The molecule has 1 N–H and O–H groups in total. The Morgan fingerprint density at radius 3 is 2.90 bits per heavy atom. The molecule has 1 aliphatic rings. The zero-order valence-electron chi connectivity index (χ0n) is 12.2. The molecule has 0 aliphatic heterocycles. The van der Waals surface area contributed by atoms with Gasteiger partial charge in [0, 0.05) is 10.4 Å². The summed E-state index contributed by atoms with van der Waals surface area (Å²) in [6.07, 6.45) is 2.88. The van der Waals surface area contributed by atoms with E-state index in [0.717, 1.165) is 47.0 Å². The van der Waals surface area contributed by atoms with Gasteiger partial charge in [-0.3, -0.25) is 0 Å². The molecule has 1 heterocycles. The van der Waals surface area contributed by atoms with Crippen LogP contribution in [0.3, 0.4) is 0 Å². The third-order valence-corrected chi connectivity index (χ3v) is 4.85. The summed E-state index contributed by atoms with van der Waals surface area (Å²) >= 11 is 1.67. The first kappa shape index (κ1) is 14.1. The maximum atomic E-state index is 9.11. The van der Waals surface area contributed by atoms with Crippen LogP contribution in [0, 0.1) is 13.8 Å². The summed E-state index contributed by atoms with van der Waals surface area (Å²) < 4.78 is 5.83. The Balaban J connectivity index is 1.77. The predicted molar refractivity (Wildman–Crippen MR) is 83.6 cm³/mol. The van der Waals surface area contributed by atoms with Crippen molar-refractivity contribution >= 4 is 17.0 Å². The van der Waals surface area contributed by atoms with Gasteiger partial charge in [0.2, 0.25) is 0 Å². The molecule has 0 spiro atoms. The summed E-state index contributed by atoms with van der Waals surface area (Å²) in [5.74, 6) is 0.794. The number of fused-ring (bicyclic) bond motifs is 1. The van der Waals surface area contributed by atoms with E-state index in [0.29, 0.717) is 6.61 Å². The van der Waals surface area contributed by atoms with Gasteiger partial charge < -0.3 is 9.94 Å². The number of aromatic nitrogens is 1. The van der Waals surface area contributed by atoms with Gasteiger partial charge in [0.1, 0.15) is 17.4 Å². The Labute approximate surface area is 128 Å². The summed E-state index contributed by atoms with van der Waals surface area (Å²) in [5.41, 5.74) is 4.05. The summed E-state index contributed by atoms with van der Waals surface area (Å²) in [7, 11) is 0. The van der Waals surface area contributed by atoms with Gasteiger partial charge in [-0.1, -0.05) is 11.2 Å². The second-order valence-electron chi connectivity index (χ2n) is 5.26. The van der Waals surface area contributed by atoms with E-state index in [1.165, 1.54) is 10.4 Å². The molecule has 2 aromatic rings. The average molecular weight is 302 g/mol. The molecule has 0 unspecified atom stereocenters. The Morgan fingerprint density at radius 2 is 2.19 bits per heavy atom. The molecule has 1 aromatic heterocycles. The lowest BCUT2D eigenvalue weighted by molar-refractivity contribution is 0.305. The Morgan fingerprint density at radius 1 is 1.33 bits per heavy atom. The first-order chi connectivity index (χ1) is 10.2. The van der Waals surface area contributed by atoms with E-state index in [-0.39, 0.29) is 0 Å². The number of oxime groups is 1. The van der Waals surface area contributed by atoms with Crippen molar-refractivity contribution in [1.29, 1.82) is 0 Å². The van der Waals surface area contributed by atoms with Crippen LogP contribution in [0.15, 0.2) is 23.4 Å². The van der Waals surface area contributed by atoms with Crippen LogP contribution in [0.25, 0.3) is 0 Å². The van der Waals surface area contributed by atoms with Gasteiger partial charge in [-0.15, -0.1) is 11.3 Å². The Kier molecular flexibility index (Phi) is 3.92. The highest BCUT2D eigenvalue weighted by Crippen LogP contribution is 2.27. The van der Waals surface area contributed by atoms with Crippen molar-refractivity contribution < 1.29 is 9.94 Å². The molecule has 1 aromatic carbocycles. The van der Waals surface area contributed by atoms with Gasteiger partial charge in [-0.2, -0.15) is 0 Å². The smallest absolute Gasteiger partial charge is 0.140 e. The molecule has 4 nitrogen and oxygen atoms in total. The zero-order valence-corrected chi connectivity index (χ0v) is 13.0. The normalized spacial score (nSPS) is 16.0. The molecule has 0 bridgehead atoms. The minimum absolute atomic E-state index is 0.476. The van der Waals surface area contributed by atoms with Crippen molar-refractivity contribution in [2.45, 2.75) is 39.7 Å². The van der Waals surface area contributed by atoms with Crippen LogP contribution in [-0.4, -0.2) is 15.9 Å². The fourth-order valence-corrected chi connectivity index (χ4v) is 3.41. The van der Waals surface area contributed by atoms with Crippen molar-refractivity contribution in [3.63, 3.8) is 0 Å². The molecule has 110 valence electrons. The molecular weight excluding hydrogens is 284 g/mol. The SMILES string of the molecule is Cc1nc(COc2ccc3c(c2)/C(=N\O)CCC3)sc1C. The Bertz CT molecular complexity index is 672. The van der Waals surface area contributed by atoms with E-state index in [2.05, 4.69) is 23.1 Å². The number of thiazole rings is 1. The molecular formula is C16H18N2O2S. The fraction of sp³-hybridized carbons (Fsp3) is 0.375. The van der Waals surface area contributed by atoms with Crippen molar-refractivity contribution in [3.8, 4) is 5.75 Å². The van der Waals surface area contributed by atoms with E-state index in [4.69, 9.17) is 9.94 Å². The molecule has 0 atom stereocenters. The molecule has 1 aliphatic carbocycles. The van der Waals surface area contributed by atoms with Crippen LogP contribution in [-0.2, 0) is 13.0 Å². The lowest BCUT2D eigenvalue weighted by Gasteiger charge is -2.17. The molecule has 0 saturated carbocycles. The number of hydrogen-bond acceptors (Lipinski definition) is 5. The number of rotatable bonds is 3. The van der Waals surface area contributed by atoms with Gasteiger partial charge in [0.05, 0.1) is 11.4 Å². The van der Waals surface area contributed by atoms with Crippen LogP contribution >= 0.6 is 11.3 Å². The number of aryl methyl sites for hydroxylation is 3. The van der Waals surface area contributed by atoms with Gasteiger partial charge in [0.25, 0.3) is 0 Å². The third kappa shape index (κ3) is 2.93. The van der Waals surface area contributed by atoms with Crippen molar-refractivity contribution in [2.75, 3.05) is 0 Å². The van der Waals surface area contributed by atoms with E-state index < -0.39 is 0 Å². The minimum atomic E-state index is 0.476. The highest BCUT2D eigenvalue weighted by molar-refractivity contribution is 7.11. The molecule has 0 amide bonds. The van der Waals surface area contributed by atoms with Crippen LogP contribution in [0.4, 0.5) is 0 Å². The van der Waals surface area contributed by atoms with Crippen LogP contribution in [0.1, 0.15) is 39.5 Å². The molecule has 21 heavy (non-hydrogen) atoms. The van der Waals surface area contributed by atoms with E-state index >= 15 is 0 Å². The first-order valence-electron chi connectivity index (χ1n) is 7.07. The van der Waals surface area contributed by atoms with Gasteiger partial charge >= 0.3 is 0 Å². The fourth-order valence-electron chi connectivity index (χ4n) is 2.56. The van der Waals surface area contributed by atoms with Gasteiger partial charge in [0.15, 0.2) is 0 Å². The summed E-state index contributed by atoms with van der Waals surface area (Å²) in [6.45, 7) is 4.56. The number of hydrogen-bond donors (Lipinski definition) is 1. The second-order valence-corrected chi connectivity index (χ2v) is 6.54. The summed E-state index contributed by atoms with van der Waals surface area (Å²) in [4.78, 5) is 5.70. The highest BCUT2D eigenvalue weighted by Gasteiger charge is 2.17. The predicted octanol–water partition coefficient (Wildman–Crippen LogP) is 3.85. The summed E-state index contributed by atoms with van der Waals surface area (Å²) in [6, 6.07) is 6.01. The molecule has 0 radical (unpaired) electrons.